The van der Waals surface area contributed by atoms with Gasteiger partial charge in [0.1, 0.15) is 5.15 Å². The van der Waals surface area contributed by atoms with E-state index >= 15 is 0 Å². The molecule has 0 unspecified atom stereocenters. The third-order valence-corrected chi connectivity index (χ3v) is 4.75. The van der Waals surface area contributed by atoms with Gasteiger partial charge in [-0.2, -0.15) is 0 Å². The van der Waals surface area contributed by atoms with Gasteiger partial charge in [-0.15, -0.1) is 0 Å². The molecular formula is C11H21ClN4O2S. The van der Waals surface area contributed by atoms with E-state index in [1.807, 2.05) is 0 Å². The molecule has 1 heterocycles. The molecule has 0 aliphatic rings. The van der Waals surface area contributed by atoms with Crippen LogP contribution < -0.4 is 4.72 Å². The molecule has 1 aromatic rings. The number of imidazole rings is 1. The first-order chi connectivity index (χ1) is 8.92. The third kappa shape index (κ3) is 4.45. The number of rotatable bonds is 8. The van der Waals surface area contributed by atoms with Crippen molar-refractivity contribution in [2.24, 2.45) is 7.05 Å². The maximum atomic E-state index is 12.0. The van der Waals surface area contributed by atoms with E-state index in [1.165, 1.54) is 10.9 Å². The molecule has 1 N–H and O–H groups in total. The molecule has 1 aromatic heterocycles. The van der Waals surface area contributed by atoms with E-state index in [4.69, 9.17) is 11.6 Å². The number of hydrogen-bond acceptors (Lipinski definition) is 4. The first-order valence-corrected chi connectivity index (χ1v) is 8.17. The van der Waals surface area contributed by atoms with E-state index < -0.39 is 10.0 Å². The summed E-state index contributed by atoms with van der Waals surface area (Å²) >= 11 is 5.88. The molecule has 0 saturated carbocycles. The molecule has 19 heavy (non-hydrogen) atoms. The van der Waals surface area contributed by atoms with Crippen LogP contribution in [0, 0.1) is 0 Å². The Morgan fingerprint density at radius 3 is 2.58 bits per heavy atom. The van der Waals surface area contributed by atoms with Crippen LogP contribution in [0.4, 0.5) is 0 Å². The molecule has 8 heteroatoms. The van der Waals surface area contributed by atoms with Gasteiger partial charge in [0.15, 0.2) is 0 Å². The zero-order valence-electron chi connectivity index (χ0n) is 11.6. The molecule has 0 bridgehead atoms. The molecular weight excluding hydrogens is 288 g/mol. The predicted octanol–water partition coefficient (Wildman–Crippen LogP) is 1.08. The van der Waals surface area contributed by atoms with Crippen molar-refractivity contribution in [1.29, 1.82) is 0 Å². The molecule has 0 atom stereocenters. The largest absolute Gasteiger partial charge is 0.324 e. The van der Waals surface area contributed by atoms with Gasteiger partial charge >= 0.3 is 0 Å². The topological polar surface area (TPSA) is 67.2 Å². The Balaban J connectivity index is 2.59. The molecule has 0 aliphatic carbocycles. The maximum absolute atomic E-state index is 12.0. The van der Waals surface area contributed by atoms with Crippen LogP contribution in [0.2, 0.25) is 5.15 Å². The highest BCUT2D eigenvalue weighted by atomic mass is 35.5. The minimum absolute atomic E-state index is 0.116. The van der Waals surface area contributed by atoms with Gasteiger partial charge in [-0.3, -0.25) is 0 Å². The van der Waals surface area contributed by atoms with Gasteiger partial charge in [0, 0.05) is 20.1 Å². The number of halogens is 1. The molecule has 0 spiro atoms. The second-order valence-corrected chi connectivity index (χ2v) is 6.32. The first-order valence-electron chi connectivity index (χ1n) is 6.31. The van der Waals surface area contributed by atoms with Crippen molar-refractivity contribution >= 4 is 21.6 Å². The highest BCUT2D eigenvalue weighted by Crippen LogP contribution is 2.17. The van der Waals surface area contributed by atoms with Crippen molar-refractivity contribution in [3.63, 3.8) is 0 Å². The molecule has 0 aliphatic heterocycles. The summed E-state index contributed by atoms with van der Waals surface area (Å²) in [5.41, 5.74) is 0. The van der Waals surface area contributed by atoms with E-state index in [2.05, 4.69) is 28.5 Å². The van der Waals surface area contributed by atoms with Crippen molar-refractivity contribution in [2.75, 3.05) is 26.2 Å². The fourth-order valence-electron chi connectivity index (χ4n) is 1.72. The summed E-state index contributed by atoms with van der Waals surface area (Å²) < 4.78 is 28.0. The standard InChI is InChI=1S/C11H21ClN4O2S/c1-4-7-16(5-2)8-6-14-19(17,18)11-10(12)15(3)9-13-11/h9,14H,4-8H2,1-3H3. The van der Waals surface area contributed by atoms with Crippen molar-refractivity contribution in [1.82, 2.24) is 19.2 Å². The van der Waals surface area contributed by atoms with Gasteiger partial charge in [-0.1, -0.05) is 25.4 Å². The number of hydrogen-bond donors (Lipinski definition) is 1. The molecule has 0 amide bonds. The summed E-state index contributed by atoms with van der Waals surface area (Å²) in [4.78, 5) is 5.99. The molecule has 110 valence electrons. The lowest BCUT2D eigenvalue weighted by atomic mass is 10.4. The summed E-state index contributed by atoms with van der Waals surface area (Å²) in [6.07, 6.45) is 2.43. The second-order valence-electron chi connectivity index (χ2n) is 4.28. The third-order valence-electron chi connectivity index (χ3n) is 2.80. The van der Waals surface area contributed by atoms with Crippen LogP contribution in [0.3, 0.4) is 0 Å². The summed E-state index contributed by atoms with van der Waals surface area (Å²) in [7, 11) is -1.98. The van der Waals surface area contributed by atoms with Gasteiger partial charge in [0.2, 0.25) is 5.03 Å². The van der Waals surface area contributed by atoms with E-state index in [9.17, 15) is 8.42 Å². The first kappa shape index (κ1) is 16.4. The molecule has 0 aromatic carbocycles. The molecule has 6 nitrogen and oxygen atoms in total. The van der Waals surface area contributed by atoms with Crippen molar-refractivity contribution in [3.8, 4) is 0 Å². The molecule has 1 rings (SSSR count). The summed E-state index contributed by atoms with van der Waals surface area (Å²) in [6.45, 7) is 7.04. The Morgan fingerprint density at radius 2 is 2.11 bits per heavy atom. The highest BCUT2D eigenvalue weighted by molar-refractivity contribution is 7.89. The fraction of sp³-hybridized carbons (Fsp3) is 0.727. The lowest BCUT2D eigenvalue weighted by Gasteiger charge is -2.19. The van der Waals surface area contributed by atoms with Crippen LogP contribution in [-0.4, -0.2) is 49.0 Å². The van der Waals surface area contributed by atoms with Gasteiger partial charge in [0.25, 0.3) is 10.0 Å². The Hall–Kier alpha value is -0.630. The number of aryl methyl sites for hydroxylation is 1. The van der Waals surface area contributed by atoms with Gasteiger partial charge in [-0.05, 0) is 19.5 Å². The van der Waals surface area contributed by atoms with Crippen LogP contribution >= 0.6 is 11.6 Å². The number of nitrogens with one attached hydrogen (secondary N) is 1. The second kappa shape index (κ2) is 7.23. The average molecular weight is 309 g/mol. The molecule has 0 fully saturated rings. The highest BCUT2D eigenvalue weighted by Gasteiger charge is 2.21. The molecule has 0 saturated heterocycles. The Morgan fingerprint density at radius 1 is 1.42 bits per heavy atom. The monoisotopic (exact) mass is 308 g/mol. The maximum Gasteiger partial charge on any atom is 0.261 e. The Labute approximate surface area is 119 Å². The van der Waals surface area contributed by atoms with Crippen LogP contribution in [0.1, 0.15) is 20.3 Å². The molecule has 0 radical (unpaired) electrons. The SMILES string of the molecule is CCCN(CC)CCNS(=O)(=O)c1ncn(C)c1Cl. The summed E-state index contributed by atoms with van der Waals surface area (Å²) in [5, 5.41) is 0.00334. The summed E-state index contributed by atoms with van der Waals surface area (Å²) in [5.74, 6) is 0. The van der Waals surface area contributed by atoms with E-state index in [0.717, 1.165) is 19.5 Å². The quantitative estimate of drug-likeness (QED) is 0.780. The van der Waals surface area contributed by atoms with Crippen LogP contribution in [-0.2, 0) is 17.1 Å². The van der Waals surface area contributed by atoms with Crippen molar-refractivity contribution in [2.45, 2.75) is 25.3 Å². The van der Waals surface area contributed by atoms with Gasteiger partial charge in [0.05, 0.1) is 6.33 Å². The van der Waals surface area contributed by atoms with Gasteiger partial charge < -0.3 is 9.47 Å². The minimum atomic E-state index is -3.63. The van der Waals surface area contributed by atoms with Crippen molar-refractivity contribution < 1.29 is 8.42 Å². The number of sulfonamides is 1. The number of aromatic nitrogens is 2. The normalized spacial score (nSPS) is 12.3. The lowest BCUT2D eigenvalue weighted by Crippen LogP contribution is -2.35. The Kier molecular flexibility index (Phi) is 6.25. The van der Waals surface area contributed by atoms with E-state index in [-0.39, 0.29) is 10.2 Å². The van der Waals surface area contributed by atoms with E-state index in [1.54, 1.807) is 7.05 Å². The zero-order chi connectivity index (χ0) is 14.5. The smallest absolute Gasteiger partial charge is 0.261 e. The predicted molar refractivity (Wildman–Crippen MR) is 75.8 cm³/mol. The fourth-order valence-corrected chi connectivity index (χ4v) is 3.17. The van der Waals surface area contributed by atoms with Gasteiger partial charge in [-0.25, -0.2) is 18.1 Å². The van der Waals surface area contributed by atoms with E-state index in [0.29, 0.717) is 13.1 Å². The average Bonchev–Trinajstić information content (AvgIpc) is 2.69. The lowest BCUT2D eigenvalue weighted by molar-refractivity contribution is 0.293. The van der Waals surface area contributed by atoms with Crippen LogP contribution in [0.25, 0.3) is 0 Å². The number of likely N-dealkylation sites (N-methyl/N-ethyl adjacent to an activating group) is 1. The Bertz CT molecular complexity index is 501. The van der Waals surface area contributed by atoms with Crippen molar-refractivity contribution in [3.05, 3.63) is 11.5 Å². The summed E-state index contributed by atoms with van der Waals surface area (Å²) in [6, 6.07) is 0. The number of nitrogens with zero attached hydrogens (tertiary/aromatic N) is 3. The minimum Gasteiger partial charge on any atom is -0.324 e. The zero-order valence-corrected chi connectivity index (χ0v) is 13.1. The van der Waals surface area contributed by atoms with Crippen LogP contribution in [0.15, 0.2) is 11.4 Å². The van der Waals surface area contributed by atoms with Crippen LogP contribution in [0.5, 0.6) is 0 Å².